The first-order chi connectivity index (χ1) is 14.9. The van der Waals surface area contributed by atoms with Crippen LogP contribution in [0.15, 0.2) is 52.4 Å². The SMILES string of the molecule is CCCn1c(=NC(=O)c2ccc(S(=O)(=O)N3CCOCC3)cc2)sc2cc(F)ccc21. The molecule has 1 fully saturated rings. The van der Waals surface area contributed by atoms with Crippen LogP contribution in [0.5, 0.6) is 0 Å². The van der Waals surface area contributed by atoms with Crippen molar-refractivity contribution in [3.8, 4) is 0 Å². The molecule has 1 amide bonds. The van der Waals surface area contributed by atoms with E-state index in [2.05, 4.69) is 4.99 Å². The summed E-state index contributed by atoms with van der Waals surface area (Å²) in [5.74, 6) is -0.820. The molecule has 1 aliphatic rings. The van der Waals surface area contributed by atoms with E-state index in [0.717, 1.165) is 11.9 Å². The number of amides is 1. The third-order valence-corrected chi connectivity index (χ3v) is 7.95. The maximum Gasteiger partial charge on any atom is 0.279 e. The third-order valence-electron chi connectivity index (χ3n) is 5.00. The van der Waals surface area contributed by atoms with Crippen molar-refractivity contribution < 1.29 is 22.3 Å². The fraction of sp³-hybridized carbons (Fsp3) is 0.333. The van der Waals surface area contributed by atoms with Gasteiger partial charge in [-0.1, -0.05) is 18.3 Å². The molecule has 0 bridgehead atoms. The minimum Gasteiger partial charge on any atom is -0.379 e. The highest BCUT2D eigenvalue weighted by atomic mass is 32.2. The van der Waals surface area contributed by atoms with Crippen molar-refractivity contribution in [2.75, 3.05) is 26.3 Å². The first kappa shape index (κ1) is 21.8. The summed E-state index contributed by atoms with van der Waals surface area (Å²) < 4.78 is 48.3. The van der Waals surface area contributed by atoms with Gasteiger partial charge in [-0.3, -0.25) is 4.79 Å². The monoisotopic (exact) mass is 463 g/mol. The van der Waals surface area contributed by atoms with E-state index in [0.29, 0.717) is 42.3 Å². The molecular weight excluding hydrogens is 441 g/mol. The summed E-state index contributed by atoms with van der Waals surface area (Å²) in [5, 5.41) is 0. The van der Waals surface area contributed by atoms with Crippen LogP contribution >= 0.6 is 11.3 Å². The number of morpholine rings is 1. The molecule has 0 spiro atoms. The molecule has 164 valence electrons. The first-order valence-corrected chi connectivity index (χ1v) is 12.2. The molecule has 0 radical (unpaired) electrons. The molecule has 7 nitrogen and oxygen atoms in total. The van der Waals surface area contributed by atoms with E-state index in [1.165, 1.54) is 52.0 Å². The van der Waals surface area contributed by atoms with Crippen molar-refractivity contribution in [2.45, 2.75) is 24.8 Å². The maximum atomic E-state index is 13.6. The molecule has 1 aliphatic heterocycles. The fourth-order valence-corrected chi connectivity index (χ4v) is 5.92. The predicted octanol–water partition coefficient (Wildman–Crippen LogP) is 3.01. The van der Waals surface area contributed by atoms with Gasteiger partial charge < -0.3 is 9.30 Å². The van der Waals surface area contributed by atoms with Gasteiger partial charge in [-0.25, -0.2) is 12.8 Å². The summed E-state index contributed by atoms with van der Waals surface area (Å²) in [5.41, 5.74) is 1.11. The van der Waals surface area contributed by atoms with E-state index in [4.69, 9.17) is 4.74 Å². The van der Waals surface area contributed by atoms with Gasteiger partial charge in [0, 0.05) is 25.2 Å². The lowest BCUT2D eigenvalue weighted by Crippen LogP contribution is -2.40. The molecule has 3 aromatic rings. The minimum atomic E-state index is -3.63. The number of hydrogen-bond donors (Lipinski definition) is 0. The van der Waals surface area contributed by atoms with Crippen molar-refractivity contribution in [2.24, 2.45) is 4.99 Å². The van der Waals surface area contributed by atoms with Crippen LogP contribution in [-0.4, -0.2) is 49.5 Å². The van der Waals surface area contributed by atoms with Crippen LogP contribution < -0.4 is 4.80 Å². The summed E-state index contributed by atoms with van der Waals surface area (Å²) in [7, 11) is -3.63. The molecule has 1 aromatic heterocycles. The Labute approximate surface area is 183 Å². The zero-order valence-corrected chi connectivity index (χ0v) is 18.6. The van der Waals surface area contributed by atoms with Crippen molar-refractivity contribution in [1.82, 2.24) is 8.87 Å². The standard InChI is InChI=1S/C21H22FN3O4S2/c1-2-9-25-18-8-5-16(22)14-19(18)30-21(25)23-20(26)15-3-6-17(7-4-15)31(27,28)24-10-12-29-13-11-24/h3-8,14H,2,9-13H2,1H3. The highest BCUT2D eigenvalue weighted by Crippen LogP contribution is 2.20. The van der Waals surface area contributed by atoms with Gasteiger partial charge in [-0.15, -0.1) is 0 Å². The Kier molecular flexibility index (Phi) is 6.33. The number of halogens is 1. The van der Waals surface area contributed by atoms with Gasteiger partial charge in [0.25, 0.3) is 5.91 Å². The Balaban J connectivity index is 1.65. The van der Waals surface area contributed by atoms with Crippen LogP contribution in [-0.2, 0) is 21.3 Å². The average Bonchev–Trinajstić information content (AvgIpc) is 3.10. The van der Waals surface area contributed by atoms with Crippen LogP contribution in [0.2, 0.25) is 0 Å². The van der Waals surface area contributed by atoms with Crippen molar-refractivity contribution in [3.05, 3.63) is 58.6 Å². The third kappa shape index (κ3) is 4.47. The number of ether oxygens (including phenoxy) is 1. The summed E-state index contributed by atoms with van der Waals surface area (Å²) in [6.45, 7) is 4.01. The molecule has 2 aromatic carbocycles. The fourth-order valence-electron chi connectivity index (χ4n) is 3.43. The lowest BCUT2D eigenvalue weighted by atomic mass is 10.2. The lowest BCUT2D eigenvalue weighted by molar-refractivity contribution is 0.0730. The summed E-state index contributed by atoms with van der Waals surface area (Å²) in [4.78, 5) is 17.6. The van der Waals surface area contributed by atoms with Gasteiger partial charge >= 0.3 is 0 Å². The molecule has 0 saturated carbocycles. The number of hydrogen-bond acceptors (Lipinski definition) is 5. The molecule has 2 heterocycles. The van der Waals surface area contributed by atoms with E-state index in [9.17, 15) is 17.6 Å². The van der Waals surface area contributed by atoms with Crippen molar-refractivity contribution >= 4 is 37.5 Å². The Hall–Kier alpha value is -2.40. The van der Waals surface area contributed by atoms with Crippen LogP contribution in [0.4, 0.5) is 4.39 Å². The lowest BCUT2D eigenvalue weighted by Gasteiger charge is -2.26. The van der Waals surface area contributed by atoms with Crippen molar-refractivity contribution in [1.29, 1.82) is 0 Å². The van der Waals surface area contributed by atoms with Gasteiger partial charge in [0.1, 0.15) is 5.82 Å². The van der Waals surface area contributed by atoms with Gasteiger partial charge in [-0.05, 0) is 48.9 Å². The smallest absolute Gasteiger partial charge is 0.279 e. The number of benzene rings is 2. The Morgan fingerprint density at radius 3 is 2.55 bits per heavy atom. The zero-order chi connectivity index (χ0) is 22.0. The second-order valence-electron chi connectivity index (χ2n) is 7.11. The Bertz CT molecular complexity index is 1270. The number of nitrogens with zero attached hydrogens (tertiary/aromatic N) is 3. The van der Waals surface area contributed by atoms with Gasteiger partial charge in [-0.2, -0.15) is 9.30 Å². The number of carbonyl (C=O) groups is 1. The molecule has 1 saturated heterocycles. The minimum absolute atomic E-state index is 0.129. The molecular formula is C21H22FN3O4S2. The topological polar surface area (TPSA) is 81.0 Å². The summed E-state index contributed by atoms with van der Waals surface area (Å²) in [6.07, 6.45) is 0.832. The van der Waals surface area contributed by atoms with E-state index in [-0.39, 0.29) is 16.3 Å². The number of carbonyl (C=O) groups excluding carboxylic acids is 1. The molecule has 0 atom stereocenters. The number of aryl methyl sites for hydroxylation is 1. The van der Waals surface area contributed by atoms with Gasteiger partial charge in [0.05, 0.1) is 28.3 Å². The van der Waals surface area contributed by atoms with Crippen molar-refractivity contribution in [3.63, 3.8) is 0 Å². The molecule has 4 rings (SSSR count). The number of sulfonamides is 1. The molecule has 0 unspecified atom stereocenters. The highest BCUT2D eigenvalue weighted by molar-refractivity contribution is 7.89. The normalized spacial score (nSPS) is 16.1. The quantitative estimate of drug-likeness (QED) is 0.583. The number of thiazole rings is 1. The first-order valence-electron chi connectivity index (χ1n) is 9.96. The van der Waals surface area contributed by atoms with E-state index < -0.39 is 15.9 Å². The largest absolute Gasteiger partial charge is 0.379 e. The second kappa shape index (κ2) is 8.99. The van der Waals surface area contributed by atoms with E-state index in [1.54, 1.807) is 6.07 Å². The van der Waals surface area contributed by atoms with Crippen LogP contribution in [0.25, 0.3) is 10.2 Å². The van der Waals surface area contributed by atoms with Crippen LogP contribution in [0, 0.1) is 5.82 Å². The number of fused-ring (bicyclic) bond motifs is 1. The molecule has 0 N–H and O–H groups in total. The highest BCUT2D eigenvalue weighted by Gasteiger charge is 2.26. The van der Waals surface area contributed by atoms with E-state index in [1.807, 2.05) is 11.5 Å². The average molecular weight is 464 g/mol. The molecule has 0 aliphatic carbocycles. The molecule has 10 heteroatoms. The zero-order valence-electron chi connectivity index (χ0n) is 17.0. The summed E-state index contributed by atoms with van der Waals surface area (Å²) in [6, 6.07) is 10.3. The van der Waals surface area contributed by atoms with Gasteiger partial charge in [0.15, 0.2) is 4.80 Å². The van der Waals surface area contributed by atoms with E-state index >= 15 is 0 Å². The Morgan fingerprint density at radius 1 is 1.16 bits per heavy atom. The molecule has 31 heavy (non-hydrogen) atoms. The Morgan fingerprint density at radius 2 is 1.87 bits per heavy atom. The number of rotatable bonds is 5. The predicted molar refractivity (Wildman–Crippen MR) is 116 cm³/mol. The van der Waals surface area contributed by atoms with Crippen LogP contribution in [0.3, 0.4) is 0 Å². The summed E-state index contributed by atoms with van der Waals surface area (Å²) >= 11 is 1.25. The second-order valence-corrected chi connectivity index (χ2v) is 10.1. The maximum absolute atomic E-state index is 13.6. The van der Waals surface area contributed by atoms with Gasteiger partial charge in [0.2, 0.25) is 10.0 Å². The van der Waals surface area contributed by atoms with Crippen LogP contribution in [0.1, 0.15) is 23.7 Å². The number of aromatic nitrogens is 1.